The zero-order chi connectivity index (χ0) is 17.6. The molecule has 0 aliphatic carbocycles. The van der Waals surface area contributed by atoms with E-state index < -0.39 is 6.10 Å². The van der Waals surface area contributed by atoms with Gasteiger partial charge in [0.15, 0.2) is 0 Å². The largest absolute Gasteiger partial charge is 0.469 e. The molecule has 4 nitrogen and oxygen atoms in total. The lowest BCUT2D eigenvalue weighted by molar-refractivity contribution is -0.144. The summed E-state index contributed by atoms with van der Waals surface area (Å²) in [5, 5.41) is 10.4. The number of ether oxygens (including phenoxy) is 2. The molecule has 6 unspecified atom stereocenters. The van der Waals surface area contributed by atoms with Crippen LogP contribution in [0.4, 0.5) is 0 Å². The SMILES string of the molecule is CCC(Cl)C1OC(C)(CC(CC)C(O)CC(=O)OC)CC1CC. The second-order valence-corrected chi connectivity index (χ2v) is 7.61. The summed E-state index contributed by atoms with van der Waals surface area (Å²) in [7, 11) is 1.35. The third-order valence-electron chi connectivity index (χ3n) is 5.22. The maximum absolute atomic E-state index is 11.4. The number of methoxy groups -OCH3 is 1. The normalized spacial score (nSPS) is 31.6. The van der Waals surface area contributed by atoms with Crippen LogP contribution >= 0.6 is 11.6 Å². The molecular formula is C18H33ClO4. The molecule has 5 heteroatoms. The van der Waals surface area contributed by atoms with Gasteiger partial charge in [0.1, 0.15) is 0 Å². The molecule has 0 bridgehead atoms. The zero-order valence-electron chi connectivity index (χ0n) is 15.2. The van der Waals surface area contributed by atoms with Gasteiger partial charge in [0.2, 0.25) is 0 Å². The number of esters is 1. The molecule has 1 N–H and O–H groups in total. The minimum Gasteiger partial charge on any atom is -0.469 e. The van der Waals surface area contributed by atoms with Crippen LogP contribution in [0.3, 0.4) is 0 Å². The van der Waals surface area contributed by atoms with Crippen LogP contribution in [0.2, 0.25) is 0 Å². The molecule has 0 aromatic heterocycles. The first-order valence-electron chi connectivity index (χ1n) is 8.86. The lowest BCUT2D eigenvalue weighted by Gasteiger charge is -2.32. The van der Waals surface area contributed by atoms with Crippen LogP contribution in [0.15, 0.2) is 0 Å². The van der Waals surface area contributed by atoms with Gasteiger partial charge in [-0.15, -0.1) is 11.6 Å². The number of alkyl halides is 1. The molecule has 0 aromatic carbocycles. The molecule has 1 heterocycles. The summed E-state index contributed by atoms with van der Waals surface area (Å²) in [4.78, 5) is 11.4. The Hall–Kier alpha value is -0.320. The van der Waals surface area contributed by atoms with Crippen LogP contribution in [0.5, 0.6) is 0 Å². The Morgan fingerprint density at radius 3 is 2.52 bits per heavy atom. The highest BCUT2D eigenvalue weighted by atomic mass is 35.5. The summed E-state index contributed by atoms with van der Waals surface area (Å²) in [6.45, 7) is 8.41. The first-order valence-corrected chi connectivity index (χ1v) is 9.30. The zero-order valence-corrected chi connectivity index (χ0v) is 15.9. The maximum Gasteiger partial charge on any atom is 0.308 e. The summed E-state index contributed by atoms with van der Waals surface area (Å²) < 4.78 is 11.0. The highest BCUT2D eigenvalue weighted by Crippen LogP contribution is 2.44. The molecule has 1 fully saturated rings. The first-order chi connectivity index (χ1) is 10.8. The van der Waals surface area contributed by atoms with E-state index in [1.807, 2.05) is 6.92 Å². The van der Waals surface area contributed by atoms with Gasteiger partial charge >= 0.3 is 5.97 Å². The topological polar surface area (TPSA) is 55.8 Å². The molecule has 1 saturated heterocycles. The lowest BCUT2D eigenvalue weighted by atomic mass is 9.81. The van der Waals surface area contributed by atoms with E-state index in [2.05, 4.69) is 25.5 Å². The number of aliphatic hydroxyl groups is 1. The second kappa shape index (κ2) is 9.24. The van der Waals surface area contributed by atoms with E-state index in [4.69, 9.17) is 16.3 Å². The van der Waals surface area contributed by atoms with E-state index in [0.29, 0.717) is 5.92 Å². The second-order valence-electron chi connectivity index (χ2n) is 7.05. The highest BCUT2D eigenvalue weighted by Gasteiger charge is 2.46. The predicted molar refractivity (Wildman–Crippen MR) is 92.6 cm³/mol. The van der Waals surface area contributed by atoms with E-state index in [0.717, 1.165) is 32.1 Å². The van der Waals surface area contributed by atoms with Crippen molar-refractivity contribution < 1.29 is 19.4 Å². The molecule has 0 aromatic rings. The third kappa shape index (κ3) is 5.61. The van der Waals surface area contributed by atoms with Gasteiger partial charge in [-0.3, -0.25) is 4.79 Å². The van der Waals surface area contributed by atoms with Gasteiger partial charge in [0.05, 0.1) is 36.7 Å². The van der Waals surface area contributed by atoms with E-state index in [1.165, 1.54) is 7.11 Å². The molecule has 23 heavy (non-hydrogen) atoms. The van der Waals surface area contributed by atoms with Gasteiger partial charge in [0.25, 0.3) is 0 Å². The number of rotatable bonds is 9. The van der Waals surface area contributed by atoms with Crippen molar-refractivity contribution in [2.75, 3.05) is 7.11 Å². The summed E-state index contributed by atoms with van der Waals surface area (Å²) in [5.74, 6) is 0.105. The first kappa shape index (κ1) is 20.7. The van der Waals surface area contributed by atoms with Crippen molar-refractivity contribution in [2.24, 2.45) is 11.8 Å². The summed E-state index contributed by atoms with van der Waals surface area (Å²) in [5.41, 5.74) is -0.286. The van der Waals surface area contributed by atoms with Gasteiger partial charge in [0, 0.05) is 0 Å². The van der Waals surface area contributed by atoms with E-state index >= 15 is 0 Å². The quantitative estimate of drug-likeness (QED) is 0.507. The van der Waals surface area contributed by atoms with Crippen LogP contribution in [-0.2, 0) is 14.3 Å². The van der Waals surface area contributed by atoms with Crippen molar-refractivity contribution in [2.45, 2.75) is 89.4 Å². The smallest absolute Gasteiger partial charge is 0.308 e. The summed E-state index contributed by atoms with van der Waals surface area (Å²) in [6.07, 6.45) is 3.86. The molecule has 1 aliphatic heterocycles. The minimum atomic E-state index is -0.690. The fourth-order valence-corrected chi connectivity index (χ4v) is 4.04. The molecule has 1 rings (SSSR count). The fraction of sp³-hybridized carbons (Fsp3) is 0.944. The van der Waals surface area contributed by atoms with Crippen LogP contribution in [0.25, 0.3) is 0 Å². The Labute approximate surface area is 145 Å². The van der Waals surface area contributed by atoms with Gasteiger partial charge in [-0.25, -0.2) is 0 Å². The van der Waals surface area contributed by atoms with Crippen LogP contribution in [0, 0.1) is 11.8 Å². The predicted octanol–water partition coefficient (Wildman–Crippen LogP) is 3.92. The molecule has 1 aliphatic rings. The third-order valence-corrected chi connectivity index (χ3v) is 5.77. The Kier molecular flexibility index (Phi) is 8.32. The number of aliphatic hydroxyl groups excluding tert-OH is 1. The average Bonchev–Trinajstić information content (AvgIpc) is 2.88. The Morgan fingerprint density at radius 1 is 1.39 bits per heavy atom. The van der Waals surface area contributed by atoms with Crippen LogP contribution < -0.4 is 0 Å². The Bertz CT molecular complexity index is 376. The molecule has 6 atom stereocenters. The molecule has 0 radical (unpaired) electrons. The number of carbonyl (C=O) groups excluding carboxylic acids is 1. The number of hydrogen-bond acceptors (Lipinski definition) is 4. The van der Waals surface area contributed by atoms with Crippen LogP contribution in [-0.4, -0.2) is 41.4 Å². The van der Waals surface area contributed by atoms with E-state index in [9.17, 15) is 9.90 Å². The Balaban J connectivity index is 2.74. The van der Waals surface area contributed by atoms with Crippen molar-refractivity contribution in [3.63, 3.8) is 0 Å². The van der Waals surface area contributed by atoms with Crippen molar-refractivity contribution in [3.8, 4) is 0 Å². The molecule has 0 saturated carbocycles. The fourth-order valence-electron chi connectivity index (χ4n) is 3.78. The maximum atomic E-state index is 11.4. The average molecular weight is 349 g/mol. The molecule has 0 spiro atoms. The molecular weight excluding hydrogens is 316 g/mol. The summed E-state index contributed by atoms with van der Waals surface area (Å²) >= 11 is 6.46. The number of carbonyl (C=O) groups is 1. The van der Waals surface area contributed by atoms with Crippen molar-refractivity contribution in [1.29, 1.82) is 0 Å². The van der Waals surface area contributed by atoms with Crippen molar-refractivity contribution >= 4 is 17.6 Å². The number of halogens is 1. The summed E-state index contributed by atoms with van der Waals surface area (Å²) in [6, 6.07) is 0. The van der Waals surface area contributed by atoms with E-state index in [-0.39, 0.29) is 35.4 Å². The van der Waals surface area contributed by atoms with Gasteiger partial charge in [-0.1, -0.05) is 33.6 Å². The van der Waals surface area contributed by atoms with E-state index in [1.54, 1.807) is 0 Å². The van der Waals surface area contributed by atoms with Crippen molar-refractivity contribution in [3.05, 3.63) is 0 Å². The minimum absolute atomic E-state index is 0.0192. The van der Waals surface area contributed by atoms with Crippen molar-refractivity contribution in [1.82, 2.24) is 0 Å². The van der Waals surface area contributed by atoms with Gasteiger partial charge in [-0.2, -0.15) is 0 Å². The lowest BCUT2D eigenvalue weighted by Crippen LogP contribution is -2.35. The highest BCUT2D eigenvalue weighted by molar-refractivity contribution is 6.21. The number of hydrogen-bond donors (Lipinski definition) is 1. The monoisotopic (exact) mass is 348 g/mol. The van der Waals surface area contributed by atoms with Gasteiger partial charge in [-0.05, 0) is 38.0 Å². The Morgan fingerprint density at radius 2 is 2.04 bits per heavy atom. The van der Waals surface area contributed by atoms with Crippen LogP contribution in [0.1, 0.15) is 66.2 Å². The standard InChI is InChI=1S/C18H33ClO4/c1-6-12(15(20)9-16(21)22-5)10-18(4)11-13(7-2)17(23-18)14(19)8-3/h12-15,17,20H,6-11H2,1-5H3. The molecule has 0 amide bonds. The van der Waals surface area contributed by atoms with Gasteiger partial charge < -0.3 is 14.6 Å². The molecule has 136 valence electrons.